The quantitative estimate of drug-likeness (QED) is 0.694. The minimum atomic E-state index is -0.366. The van der Waals surface area contributed by atoms with Crippen molar-refractivity contribution < 1.29 is 9.18 Å². The van der Waals surface area contributed by atoms with Crippen LogP contribution < -0.4 is 5.56 Å². The number of aryl methyl sites for hydroxylation is 1. The van der Waals surface area contributed by atoms with Gasteiger partial charge in [-0.15, -0.1) is 11.3 Å². The number of nitrogens with zero attached hydrogens (tertiary/aromatic N) is 4. The average molecular weight is 370 g/mol. The molecule has 0 radical (unpaired) electrons. The lowest BCUT2D eigenvalue weighted by Crippen LogP contribution is -2.38. The zero-order valence-electron chi connectivity index (χ0n) is 14.0. The third-order valence-electron chi connectivity index (χ3n) is 4.35. The monoisotopic (exact) mass is 370 g/mol. The number of rotatable bonds is 2. The summed E-state index contributed by atoms with van der Waals surface area (Å²) in [4.78, 5) is 30.5. The first kappa shape index (κ1) is 16.6. The lowest BCUT2D eigenvalue weighted by Gasteiger charge is -2.27. The van der Waals surface area contributed by atoms with Gasteiger partial charge in [0.1, 0.15) is 16.5 Å². The Morgan fingerprint density at radius 3 is 2.92 bits per heavy atom. The van der Waals surface area contributed by atoms with E-state index < -0.39 is 0 Å². The fourth-order valence-corrected chi connectivity index (χ4v) is 3.78. The molecule has 3 aromatic rings. The number of hydrogen-bond acceptors (Lipinski definition) is 5. The largest absolute Gasteiger partial charge is 0.332 e. The van der Waals surface area contributed by atoms with Crippen LogP contribution in [0.25, 0.3) is 10.6 Å². The van der Waals surface area contributed by atoms with Crippen LogP contribution in [0.3, 0.4) is 0 Å². The maximum absolute atomic E-state index is 13.9. The summed E-state index contributed by atoms with van der Waals surface area (Å²) >= 11 is 1.23. The van der Waals surface area contributed by atoms with E-state index in [4.69, 9.17) is 0 Å². The molecule has 0 fully saturated rings. The second kappa shape index (κ2) is 6.45. The van der Waals surface area contributed by atoms with Crippen molar-refractivity contribution in [1.82, 2.24) is 19.7 Å². The third kappa shape index (κ3) is 2.92. The first-order chi connectivity index (χ1) is 12.5. The predicted molar refractivity (Wildman–Crippen MR) is 95.4 cm³/mol. The second-order valence-corrected chi connectivity index (χ2v) is 6.93. The van der Waals surface area contributed by atoms with E-state index in [0.717, 1.165) is 11.3 Å². The lowest BCUT2D eigenvalue weighted by molar-refractivity contribution is 0.0727. The molecule has 2 aromatic heterocycles. The SMILES string of the molecule is Cn1nc2c(cc1=O)CN(C(=O)c1csc(-c3ccccc3F)n1)CC2. The number of fused-ring (bicyclic) bond motifs is 1. The van der Waals surface area contributed by atoms with Crippen LogP contribution in [-0.2, 0) is 20.0 Å². The molecule has 1 aliphatic rings. The zero-order chi connectivity index (χ0) is 18.3. The summed E-state index contributed by atoms with van der Waals surface area (Å²) in [5, 5.41) is 6.36. The van der Waals surface area contributed by atoms with Crippen LogP contribution in [0.5, 0.6) is 0 Å². The summed E-state index contributed by atoms with van der Waals surface area (Å²) in [5.41, 5.74) is 2.06. The van der Waals surface area contributed by atoms with Gasteiger partial charge < -0.3 is 4.90 Å². The van der Waals surface area contributed by atoms with Crippen molar-refractivity contribution in [2.24, 2.45) is 7.05 Å². The minimum absolute atomic E-state index is 0.200. The molecule has 26 heavy (non-hydrogen) atoms. The molecule has 0 N–H and O–H groups in total. The number of halogens is 1. The predicted octanol–water partition coefficient (Wildman–Crippen LogP) is 2.24. The number of hydrogen-bond donors (Lipinski definition) is 0. The summed E-state index contributed by atoms with van der Waals surface area (Å²) in [6, 6.07) is 7.88. The molecule has 0 unspecified atom stereocenters. The zero-order valence-corrected chi connectivity index (χ0v) is 14.8. The van der Waals surface area contributed by atoms with Gasteiger partial charge in [-0.25, -0.2) is 14.1 Å². The highest BCUT2D eigenvalue weighted by Gasteiger charge is 2.25. The van der Waals surface area contributed by atoms with Crippen molar-refractivity contribution in [3.05, 3.63) is 68.8 Å². The van der Waals surface area contributed by atoms with Gasteiger partial charge in [0.15, 0.2) is 0 Å². The Kier molecular flexibility index (Phi) is 4.12. The van der Waals surface area contributed by atoms with Gasteiger partial charge in [-0.1, -0.05) is 12.1 Å². The highest BCUT2D eigenvalue weighted by atomic mass is 32.1. The van der Waals surface area contributed by atoms with Crippen LogP contribution in [0.1, 0.15) is 21.7 Å². The molecule has 1 amide bonds. The van der Waals surface area contributed by atoms with Gasteiger partial charge in [-0.05, 0) is 12.1 Å². The van der Waals surface area contributed by atoms with Gasteiger partial charge >= 0.3 is 0 Å². The molecule has 1 aliphatic heterocycles. The normalized spacial score (nSPS) is 13.5. The molecule has 132 valence electrons. The molecule has 0 aliphatic carbocycles. The summed E-state index contributed by atoms with van der Waals surface area (Å²) in [6.07, 6.45) is 0.583. The first-order valence-corrected chi connectivity index (χ1v) is 8.96. The Labute approximate surface area is 152 Å². The summed E-state index contributed by atoms with van der Waals surface area (Å²) in [5.74, 6) is -0.593. The summed E-state index contributed by atoms with van der Waals surface area (Å²) in [7, 11) is 1.61. The van der Waals surface area contributed by atoms with E-state index in [9.17, 15) is 14.0 Å². The van der Waals surface area contributed by atoms with E-state index in [1.807, 2.05) is 0 Å². The molecule has 0 bridgehead atoms. The first-order valence-electron chi connectivity index (χ1n) is 8.09. The van der Waals surface area contributed by atoms with Crippen molar-refractivity contribution in [2.45, 2.75) is 13.0 Å². The molecule has 0 saturated carbocycles. The van der Waals surface area contributed by atoms with Crippen LogP contribution >= 0.6 is 11.3 Å². The Hall–Kier alpha value is -2.87. The molecule has 6 nitrogen and oxygen atoms in total. The minimum Gasteiger partial charge on any atom is -0.332 e. The van der Waals surface area contributed by atoms with Gasteiger partial charge in [-0.2, -0.15) is 5.10 Å². The van der Waals surface area contributed by atoms with Crippen molar-refractivity contribution in [3.8, 4) is 10.6 Å². The topological polar surface area (TPSA) is 68.1 Å². The fraction of sp³-hybridized carbons (Fsp3) is 0.222. The van der Waals surface area contributed by atoms with Crippen molar-refractivity contribution in [2.75, 3.05) is 6.54 Å². The number of amides is 1. The number of aromatic nitrogens is 3. The molecule has 1 aromatic carbocycles. The van der Waals surface area contributed by atoms with Crippen LogP contribution in [-0.4, -0.2) is 32.1 Å². The smallest absolute Gasteiger partial charge is 0.273 e. The standard InChI is InChI=1S/C18H15FN4O2S/c1-22-16(24)8-11-9-23(7-6-14(11)21-22)18(25)15-10-26-17(20-15)12-4-2-3-5-13(12)19/h2-5,8,10H,6-7,9H2,1H3. The molecular formula is C18H15FN4O2S. The van der Waals surface area contributed by atoms with Crippen LogP contribution in [0.4, 0.5) is 4.39 Å². The van der Waals surface area contributed by atoms with Crippen LogP contribution in [0.15, 0.2) is 40.5 Å². The van der Waals surface area contributed by atoms with Crippen LogP contribution in [0, 0.1) is 5.82 Å². The molecule has 3 heterocycles. The Balaban J connectivity index is 1.58. The summed E-state index contributed by atoms with van der Waals surface area (Å²) < 4.78 is 15.2. The maximum Gasteiger partial charge on any atom is 0.273 e. The van der Waals surface area contributed by atoms with Crippen molar-refractivity contribution in [3.63, 3.8) is 0 Å². The lowest BCUT2D eigenvalue weighted by atomic mass is 10.1. The number of carbonyl (C=O) groups is 1. The molecule has 0 atom stereocenters. The number of thiazole rings is 1. The Morgan fingerprint density at radius 2 is 2.12 bits per heavy atom. The maximum atomic E-state index is 13.9. The van der Waals surface area contributed by atoms with E-state index in [1.165, 1.54) is 28.2 Å². The van der Waals surface area contributed by atoms with Crippen LogP contribution in [0.2, 0.25) is 0 Å². The van der Waals surface area contributed by atoms with E-state index in [0.29, 0.717) is 30.1 Å². The van der Waals surface area contributed by atoms with Gasteiger partial charge in [0.05, 0.1) is 5.69 Å². The number of benzene rings is 1. The van der Waals surface area contributed by atoms with Gasteiger partial charge in [0.2, 0.25) is 0 Å². The van der Waals surface area contributed by atoms with E-state index in [-0.39, 0.29) is 23.0 Å². The molecular weight excluding hydrogens is 355 g/mol. The molecule has 0 spiro atoms. The Morgan fingerprint density at radius 1 is 1.31 bits per heavy atom. The highest BCUT2D eigenvalue weighted by molar-refractivity contribution is 7.13. The van der Waals surface area contributed by atoms with E-state index >= 15 is 0 Å². The molecule has 4 rings (SSSR count). The molecule has 0 saturated heterocycles. The number of carbonyl (C=O) groups excluding carboxylic acids is 1. The highest BCUT2D eigenvalue weighted by Crippen LogP contribution is 2.27. The third-order valence-corrected chi connectivity index (χ3v) is 5.23. The van der Waals surface area contributed by atoms with E-state index in [2.05, 4.69) is 10.1 Å². The van der Waals surface area contributed by atoms with Gasteiger partial charge in [-0.3, -0.25) is 9.59 Å². The van der Waals surface area contributed by atoms with Crippen molar-refractivity contribution in [1.29, 1.82) is 0 Å². The van der Waals surface area contributed by atoms with E-state index in [1.54, 1.807) is 35.5 Å². The van der Waals surface area contributed by atoms with Gasteiger partial charge in [0.25, 0.3) is 11.5 Å². The second-order valence-electron chi connectivity index (χ2n) is 6.07. The van der Waals surface area contributed by atoms with Crippen molar-refractivity contribution >= 4 is 17.2 Å². The summed E-state index contributed by atoms with van der Waals surface area (Å²) in [6.45, 7) is 0.827. The average Bonchev–Trinajstić information content (AvgIpc) is 3.12. The Bertz CT molecular complexity index is 1060. The fourth-order valence-electron chi connectivity index (χ4n) is 2.96. The van der Waals surface area contributed by atoms with Gasteiger partial charge in [0, 0.05) is 49.1 Å². The molecule has 8 heteroatoms.